The van der Waals surface area contributed by atoms with E-state index in [2.05, 4.69) is 27.7 Å². The molecule has 4 rings (SSSR count). The van der Waals surface area contributed by atoms with Gasteiger partial charge in [-0.05, 0) is 110 Å². The predicted molar refractivity (Wildman–Crippen MR) is 122 cm³/mol. The lowest BCUT2D eigenvalue weighted by Crippen LogP contribution is -2.62. The first-order chi connectivity index (χ1) is 14.7. The lowest BCUT2D eigenvalue weighted by Gasteiger charge is -2.65. The van der Waals surface area contributed by atoms with Crippen molar-refractivity contribution in [2.75, 3.05) is 6.61 Å². The molecule has 0 unspecified atom stereocenters. The van der Waals surface area contributed by atoms with Crippen molar-refractivity contribution in [3.63, 3.8) is 0 Å². The summed E-state index contributed by atoms with van der Waals surface area (Å²) in [6, 6.07) is 0. The molecule has 4 aliphatic rings. The highest BCUT2D eigenvalue weighted by atomic mass is 16.4. The summed E-state index contributed by atoms with van der Waals surface area (Å²) in [7, 11) is 0. The zero-order valence-corrected chi connectivity index (χ0v) is 20.2. The Labute approximate surface area is 189 Å². The molecule has 4 aliphatic carbocycles. The number of aliphatic carboxylic acids is 1. The number of hydrogen-bond acceptors (Lipinski definition) is 3. The molecule has 0 saturated heterocycles. The van der Waals surface area contributed by atoms with Gasteiger partial charge in [0.2, 0.25) is 0 Å². The second-order valence-electron chi connectivity index (χ2n) is 12.4. The van der Waals surface area contributed by atoms with Crippen LogP contribution in [0.5, 0.6) is 0 Å². The molecule has 178 valence electrons. The van der Waals surface area contributed by atoms with E-state index in [0.717, 1.165) is 25.7 Å². The Balaban J connectivity index is 1.61. The summed E-state index contributed by atoms with van der Waals surface area (Å²) >= 11 is 0. The van der Waals surface area contributed by atoms with Crippen LogP contribution in [0.15, 0.2) is 0 Å². The van der Waals surface area contributed by atoms with E-state index >= 15 is 0 Å². The first kappa shape index (κ1) is 23.5. The number of aliphatic hydroxyl groups excluding tert-OH is 2. The molecule has 0 aliphatic heterocycles. The molecule has 0 heterocycles. The van der Waals surface area contributed by atoms with E-state index in [9.17, 15) is 20.1 Å². The lowest BCUT2D eigenvalue weighted by atomic mass is 9.41. The fourth-order valence-electron chi connectivity index (χ4n) is 9.75. The van der Waals surface area contributed by atoms with Crippen molar-refractivity contribution in [2.24, 2.45) is 58.2 Å². The molecule has 0 aromatic heterocycles. The smallest absolute Gasteiger partial charge is 0.303 e. The van der Waals surface area contributed by atoms with Gasteiger partial charge in [0, 0.05) is 13.0 Å². The molecule has 11 atom stereocenters. The van der Waals surface area contributed by atoms with Gasteiger partial charge in [-0.15, -0.1) is 0 Å². The Morgan fingerprint density at radius 1 is 1.03 bits per heavy atom. The van der Waals surface area contributed by atoms with Gasteiger partial charge in [0.25, 0.3) is 0 Å². The monoisotopic (exact) mass is 434 g/mol. The molecule has 31 heavy (non-hydrogen) atoms. The van der Waals surface area contributed by atoms with Crippen molar-refractivity contribution in [1.29, 1.82) is 0 Å². The SMILES string of the molecule is CC[C@H]1[C@@H](O)[C@@H]2[C@H](CC[C@]3(C)[C@@H]([C@H](C)CCC(=O)O)CC[C@@H]23)[C@@]2(C)CC[C@@H](CO)C[C@@H]12. The van der Waals surface area contributed by atoms with E-state index in [0.29, 0.717) is 59.4 Å². The summed E-state index contributed by atoms with van der Waals surface area (Å²) in [5.74, 6) is 3.21. The summed E-state index contributed by atoms with van der Waals surface area (Å²) in [4.78, 5) is 11.1. The maximum absolute atomic E-state index is 11.8. The van der Waals surface area contributed by atoms with Gasteiger partial charge >= 0.3 is 5.97 Å². The molecule has 0 amide bonds. The Hall–Kier alpha value is -0.610. The third-order valence-electron chi connectivity index (χ3n) is 11.4. The van der Waals surface area contributed by atoms with Crippen LogP contribution in [0.1, 0.15) is 91.9 Å². The van der Waals surface area contributed by atoms with Crippen LogP contribution < -0.4 is 0 Å². The van der Waals surface area contributed by atoms with Crippen molar-refractivity contribution in [1.82, 2.24) is 0 Å². The Morgan fingerprint density at radius 2 is 1.71 bits per heavy atom. The molecule has 4 saturated carbocycles. The minimum atomic E-state index is -0.679. The van der Waals surface area contributed by atoms with E-state index in [-0.39, 0.29) is 17.9 Å². The van der Waals surface area contributed by atoms with E-state index in [4.69, 9.17) is 0 Å². The second-order valence-corrected chi connectivity index (χ2v) is 12.4. The van der Waals surface area contributed by atoms with Gasteiger partial charge in [-0.2, -0.15) is 0 Å². The normalized spacial score (nSPS) is 50.3. The Kier molecular flexibility index (Phi) is 6.55. The van der Waals surface area contributed by atoms with Crippen molar-refractivity contribution in [2.45, 2.75) is 98.0 Å². The number of hydrogen-bond donors (Lipinski definition) is 3. The average molecular weight is 435 g/mol. The summed E-state index contributed by atoms with van der Waals surface area (Å²) in [5.41, 5.74) is 0.536. The van der Waals surface area contributed by atoms with E-state index in [1.807, 2.05) is 0 Å². The molecule has 4 heteroatoms. The van der Waals surface area contributed by atoms with Crippen LogP contribution in [0.25, 0.3) is 0 Å². The predicted octanol–water partition coefficient (Wildman–Crippen LogP) is 5.36. The Bertz CT molecular complexity index is 664. The van der Waals surface area contributed by atoms with Crippen molar-refractivity contribution in [3.8, 4) is 0 Å². The first-order valence-corrected chi connectivity index (χ1v) is 13.2. The lowest BCUT2D eigenvalue weighted by molar-refractivity contribution is -0.200. The highest BCUT2D eigenvalue weighted by molar-refractivity contribution is 5.66. The zero-order valence-electron chi connectivity index (χ0n) is 20.2. The number of fused-ring (bicyclic) bond motifs is 5. The maximum atomic E-state index is 11.8. The zero-order chi connectivity index (χ0) is 22.6. The molecule has 0 bridgehead atoms. The molecular formula is C27H46O4. The molecular weight excluding hydrogens is 388 g/mol. The fraction of sp³-hybridized carbons (Fsp3) is 0.963. The largest absolute Gasteiger partial charge is 0.481 e. The molecule has 0 aromatic rings. The molecule has 4 nitrogen and oxygen atoms in total. The van der Waals surface area contributed by atoms with Gasteiger partial charge in [-0.25, -0.2) is 0 Å². The van der Waals surface area contributed by atoms with Gasteiger partial charge < -0.3 is 15.3 Å². The minimum absolute atomic E-state index is 0.219. The van der Waals surface area contributed by atoms with Crippen molar-refractivity contribution in [3.05, 3.63) is 0 Å². The second kappa shape index (κ2) is 8.63. The summed E-state index contributed by atoms with van der Waals surface area (Å²) in [6.45, 7) is 9.83. The summed E-state index contributed by atoms with van der Waals surface area (Å²) < 4.78 is 0. The highest BCUT2D eigenvalue weighted by Crippen LogP contribution is 2.69. The van der Waals surface area contributed by atoms with Gasteiger partial charge in [-0.3, -0.25) is 4.79 Å². The molecule has 0 aromatic carbocycles. The van der Waals surface area contributed by atoms with Crippen molar-refractivity contribution >= 4 is 5.97 Å². The number of carboxylic acid groups (broad SMARTS) is 1. The highest BCUT2D eigenvalue weighted by Gasteiger charge is 2.64. The molecule has 4 fully saturated rings. The quantitative estimate of drug-likeness (QED) is 0.526. The van der Waals surface area contributed by atoms with Crippen LogP contribution in [0, 0.1) is 58.2 Å². The standard InChI is InChI=1S/C27H46O4/c1-5-18-22-14-17(15-28)10-12-27(22,4)21-11-13-26(3)19(16(2)6-9-23(29)30)7-8-20(26)24(21)25(18)31/h16-22,24-25,28,31H,5-15H2,1-4H3,(H,29,30)/t16-,17-,18-,19-,20+,21+,22+,24+,25-,26-,27-/m1/s1. The fourth-order valence-corrected chi connectivity index (χ4v) is 9.75. The number of rotatable bonds is 6. The minimum Gasteiger partial charge on any atom is -0.481 e. The third kappa shape index (κ3) is 3.68. The first-order valence-electron chi connectivity index (χ1n) is 13.2. The molecule has 0 radical (unpaired) electrons. The maximum Gasteiger partial charge on any atom is 0.303 e. The Morgan fingerprint density at radius 3 is 2.35 bits per heavy atom. The number of carboxylic acids is 1. The molecule has 0 spiro atoms. The van der Waals surface area contributed by atoms with Gasteiger partial charge in [0.1, 0.15) is 0 Å². The average Bonchev–Trinajstić information content (AvgIpc) is 3.09. The van der Waals surface area contributed by atoms with Crippen LogP contribution in [0.2, 0.25) is 0 Å². The topological polar surface area (TPSA) is 77.8 Å². The number of aliphatic hydroxyl groups is 2. The van der Waals surface area contributed by atoms with Crippen molar-refractivity contribution < 1.29 is 20.1 Å². The van der Waals surface area contributed by atoms with E-state index in [1.54, 1.807) is 0 Å². The van der Waals surface area contributed by atoms with Crippen LogP contribution in [-0.4, -0.2) is 34.0 Å². The van der Waals surface area contributed by atoms with Crippen LogP contribution in [0.4, 0.5) is 0 Å². The van der Waals surface area contributed by atoms with Crippen LogP contribution >= 0.6 is 0 Å². The van der Waals surface area contributed by atoms with Gasteiger partial charge in [-0.1, -0.05) is 34.1 Å². The summed E-state index contributed by atoms with van der Waals surface area (Å²) in [6.07, 6.45) is 10.1. The summed E-state index contributed by atoms with van der Waals surface area (Å²) in [5, 5.41) is 30.8. The van der Waals surface area contributed by atoms with E-state index in [1.165, 1.54) is 32.1 Å². The van der Waals surface area contributed by atoms with Crippen LogP contribution in [-0.2, 0) is 4.79 Å². The molecule has 3 N–H and O–H groups in total. The van der Waals surface area contributed by atoms with Crippen LogP contribution in [0.3, 0.4) is 0 Å². The van der Waals surface area contributed by atoms with Gasteiger partial charge in [0.15, 0.2) is 0 Å². The number of carbonyl (C=O) groups is 1. The third-order valence-corrected chi connectivity index (χ3v) is 11.4. The van der Waals surface area contributed by atoms with E-state index < -0.39 is 5.97 Å². The van der Waals surface area contributed by atoms with Gasteiger partial charge in [0.05, 0.1) is 6.10 Å².